The number of methoxy groups -OCH3 is 1. The molecule has 4 nitrogen and oxygen atoms in total. The van der Waals surface area contributed by atoms with Gasteiger partial charge in [0.15, 0.2) is 5.78 Å². The van der Waals surface area contributed by atoms with Crippen molar-refractivity contribution in [1.82, 2.24) is 0 Å². The lowest BCUT2D eigenvalue weighted by molar-refractivity contribution is -0.150. The number of para-hydroxylation sites is 1. The molecule has 0 heterocycles. The van der Waals surface area contributed by atoms with Gasteiger partial charge in [0, 0.05) is 11.8 Å². The predicted molar refractivity (Wildman–Crippen MR) is 77.4 cm³/mol. The number of hydrogen-bond acceptors (Lipinski definition) is 4. The van der Waals surface area contributed by atoms with Crippen molar-refractivity contribution in [3.05, 3.63) is 41.6 Å². The maximum absolute atomic E-state index is 13.0. The van der Waals surface area contributed by atoms with Crippen LogP contribution in [-0.4, -0.2) is 18.9 Å². The number of alkyl halides is 3. The van der Waals surface area contributed by atoms with E-state index in [0.29, 0.717) is 5.70 Å². The molecule has 0 saturated heterocycles. The summed E-state index contributed by atoms with van der Waals surface area (Å²) in [4.78, 5) is 23.6. The number of hydrogen-bond donors (Lipinski definition) is 1. The summed E-state index contributed by atoms with van der Waals surface area (Å²) in [7, 11) is 1.19. The van der Waals surface area contributed by atoms with Gasteiger partial charge in [-0.05, 0) is 24.5 Å². The fraction of sp³-hybridized carbons (Fsp3) is 0.375. The van der Waals surface area contributed by atoms with E-state index in [4.69, 9.17) is 0 Å². The molecule has 1 N–H and O–H groups in total. The highest BCUT2D eigenvalue weighted by Crippen LogP contribution is 2.36. The second-order valence-electron chi connectivity index (χ2n) is 5.42. The van der Waals surface area contributed by atoms with Crippen LogP contribution in [0, 0.1) is 11.8 Å². The molecule has 0 unspecified atom stereocenters. The molecule has 0 aromatic heterocycles. The van der Waals surface area contributed by atoms with Crippen LogP contribution in [0.5, 0.6) is 0 Å². The van der Waals surface area contributed by atoms with Gasteiger partial charge in [-0.15, -0.1) is 0 Å². The SMILES string of the molecule is COC(=O)[C@@H]1C(=O)C=C(Nc2ccccc2C(F)(F)F)C[C@H]1C. The molecule has 0 amide bonds. The topological polar surface area (TPSA) is 55.4 Å². The molecule has 0 saturated carbocycles. The third-order valence-corrected chi connectivity index (χ3v) is 3.72. The highest BCUT2D eigenvalue weighted by Gasteiger charge is 2.37. The second-order valence-corrected chi connectivity index (χ2v) is 5.42. The number of allylic oxidation sites excluding steroid dienone is 2. The van der Waals surface area contributed by atoms with E-state index in [2.05, 4.69) is 10.1 Å². The van der Waals surface area contributed by atoms with Gasteiger partial charge in [0.1, 0.15) is 5.92 Å². The minimum Gasteiger partial charge on any atom is -0.468 e. The molecule has 2 atom stereocenters. The van der Waals surface area contributed by atoms with Crippen LogP contribution in [0.4, 0.5) is 18.9 Å². The third kappa shape index (κ3) is 3.72. The Bertz CT molecular complexity index is 652. The molecule has 124 valence electrons. The van der Waals surface area contributed by atoms with Crippen molar-refractivity contribution in [3.63, 3.8) is 0 Å². The summed E-state index contributed by atoms with van der Waals surface area (Å²) in [5.41, 5.74) is -0.585. The van der Waals surface area contributed by atoms with E-state index < -0.39 is 29.4 Å². The minimum absolute atomic E-state index is 0.122. The fourth-order valence-electron chi connectivity index (χ4n) is 2.64. The van der Waals surface area contributed by atoms with Gasteiger partial charge in [-0.3, -0.25) is 9.59 Å². The molecule has 0 aliphatic heterocycles. The van der Waals surface area contributed by atoms with Gasteiger partial charge >= 0.3 is 12.1 Å². The van der Waals surface area contributed by atoms with E-state index >= 15 is 0 Å². The Morgan fingerprint density at radius 1 is 1.30 bits per heavy atom. The van der Waals surface area contributed by atoms with Crippen LogP contribution in [0.15, 0.2) is 36.0 Å². The maximum Gasteiger partial charge on any atom is 0.418 e. The van der Waals surface area contributed by atoms with Crippen LogP contribution in [0.1, 0.15) is 18.9 Å². The van der Waals surface area contributed by atoms with Crippen molar-refractivity contribution < 1.29 is 27.5 Å². The summed E-state index contributed by atoms with van der Waals surface area (Å²) in [6, 6.07) is 5.03. The lowest BCUT2D eigenvalue weighted by atomic mass is 9.82. The first-order chi connectivity index (χ1) is 10.7. The quantitative estimate of drug-likeness (QED) is 0.683. The standard InChI is InChI=1S/C16H16F3NO3/c1-9-7-10(8-13(21)14(9)15(22)23-2)20-12-6-4-3-5-11(12)16(17,18)19/h3-6,8-9,14,20H,7H2,1-2H3/t9-,14+/m1/s1. The smallest absolute Gasteiger partial charge is 0.418 e. The van der Waals surface area contributed by atoms with Crippen molar-refractivity contribution in [2.24, 2.45) is 11.8 Å². The highest BCUT2D eigenvalue weighted by atomic mass is 19.4. The zero-order valence-electron chi connectivity index (χ0n) is 12.6. The monoisotopic (exact) mass is 327 g/mol. The van der Waals surface area contributed by atoms with Gasteiger partial charge in [0.2, 0.25) is 0 Å². The average molecular weight is 327 g/mol. The molecule has 0 spiro atoms. The first-order valence-electron chi connectivity index (χ1n) is 6.99. The molecular formula is C16H16F3NO3. The molecule has 1 aromatic carbocycles. The Balaban J connectivity index is 2.26. The first-order valence-corrected chi connectivity index (χ1v) is 6.99. The first kappa shape index (κ1) is 17.1. The number of benzene rings is 1. The van der Waals surface area contributed by atoms with Gasteiger partial charge in [-0.1, -0.05) is 19.1 Å². The predicted octanol–water partition coefficient (Wildman–Crippen LogP) is 3.40. The van der Waals surface area contributed by atoms with Crippen LogP contribution >= 0.6 is 0 Å². The molecule has 23 heavy (non-hydrogen) atoms. The molecule has 0 fully saturated rings. The van der Waals surface area contributed by atoms with Crippen LogP contribution in [0.25, 0.3) is 0 Å². The van der Waals surface area contributed by atoms with E-state index in [-0.39, 0.29) is 18.0 Å². The number of ketones is 1. The summed E-state index contributed by atoms with van der Waals surface area (Å²) in [6.07, 6.45) is -3.05. The van der Waals surface area contributed by atoms with Crippen LogP contribution in [-0.2, 0) is 20.5 Å². The Hall–Kier alpha value is -2.31. The van der Waals surface area contributed by atoms with E-state index in [1.165, 1.54) is 31.4 Å². The minimum atomic E-state index is -4.50. The van der Waals surface area contributed by atoms with Gasteiger partial charge in [0.05, 0.1) is 18.4 Å². The van der Waals surface area contributed by atoms with E-state index in [0.717, 1.165) is 6.07 Å². The van der Waals surface area contributed by atoms with E-state index in [1.807, 2.05) is 0 Å². The molecule has 1 aromatic rings. The zero-order valence-corrected chi connectivity index (χ0v) is 12.6. The number of ether oxygens (including phenoxy) is 1. The Labute approximate surface area is 131 Å². The molecule has 2 rings (SSSR count). The number of nitrogens with one attached hydrogen (secondary N) is 1. The summed E-state index contributed by atoms with van der Waals surface area (Å²) < 4.78 is 43.5. The van der Waals surface area contributed by atoms with Gasteiger partial charge in [-0.25, -0.2) is 0 Å². The molecule has 1 aliphatic rings. The van der Waals surface area contributed by atoms with Crippen molar-refractivity contribution in [2.45, 2.75) is 19.5 Å². The van der Waals surface area contributed by atoms with Gasteiger partial charge in [-0.2, -0.15) is 13.2 Å². The number of carbonyl (C=O) groups excluding carboxylic acids is 2. The number of esters is 1. The van der Waals surface area contributed by atoms with Crippen molar-refractivity contribution in [2.75, 3.05) is 12.4 Å². The molecule has 7 heteroatoms. The number of carbonyl (C=O) groups is 2. The number of anilines is 1. The molecule has 0 radical (unpaired) electrons. The molecule has 0 bridgehead atoms. The van der Waals surface area contributed by atoms with Crippen LogP contribution in [0.3, 0.4) is 0 Å². The molecule has 1 aliphatic carbocycles. The Morgan fingerprint density at radius 2 is 1.96 bits per heavy atom. The Morgan fingerprint density at radius 3 is 2.52 bits per heavy atom. The zero-order chi connectivity index (χ0) is 17.2. The van der Waals surface area contributed by atoms with Crippen LogP contribution < -0.4 is 5.32 Å². The highest BCUT2D eigenvalue weighted by molar-refractivity contribution is 6.06. The van der Waals surface area contributed by atoms with Gasteiger partial charge < -0.3 is 10.1 Å². The van der Waals surface area contributed by atoms with Crippen molar-refractivity contribution >= 4 is 17.4 Å². The number of halogens is 3. The van der Waals surface area contributed by atoms with Crippen molar-refractivity contribution in [1.29, 1.82) is 0 Å². The largest absolute Gasteiger partial charge is 0.468 e. The summed E-state index contributed by atoms with van der Waals surface area (Å²) >= 11 is 0. The lowest BCUT2D eigenvalue weighted by Gasteiger charge is -2.26. The third-order valence-electron chi connectivity index (χ3n) is 3.72. The summed E-state index contributed by atoms with van der Waals surface area (Å²) in [5, 5.41) is 2.66. The Kier molecular flexibility index (Phi) is 4.77. The van der Waals surface area contributed by atoms with E-state index in [9.17, 15) is 22.8 Å². The normalized spacial score (nSPS) is 21.6. The second kappa shape index (κ2) is 6.44. The number of rotatable bonds is 3. The van der Waals surface area contributed by atoms with Crippen molar-refractivity contribution in [3.8, 4) is 0 Å². The lowest BCUT2D eigenvalue weighted by Crippen LogP contribution is -2.34. The summed E-state index contributed by atoms with van der Waals surface area (Å²) in [6.45, 7) is 1.68. The summed E-state index contributed by atoms with van der Waals surface area (Å²) in [5.74, 6) is -2.38. The molecular weight excluding hydrogens is 311 g/mol. The maximum atomic E-state index is 13.0. The van der Waals surface area contributed by atoms with Gasteiger partial charge in [0.25, 0.3) is 0 Å². The van der Waals surface area contributed by atoms with Crippen LogP contribution in [0.2, 0.25) is 0 Å². The fourth-order valence-corrected chi connectivity index (χ4v) is 2.64. The van der Waals surface area contributed by atoms with E-state index in [1.54, 1.807) is 6.92 Å². The average Bonchev–Trinajstić information content (AvgIpc) is 2.45.